The van der Waals surface area contributed by atoms with Crippen molar-refractivity contribution in [3.05, 3.63) is 24.4 Å². The van der Waals surface area contributed by atoms with Gasteiger partial charge in [-0.15, -0.1) is 17.5 Å². The van der Waals surface area contributed by atoms with Crippen LogP contribution in [0.4, 0.5) is 5.95 Å². The summed E-state index contributed by atoms with van der Waals surface area (Å²) in [4.78, 5) is 20.0. The van der Waals surface area contributed by atoms with Gasteiger partial charge < -0.3 is 5.73 Å². The Kier molecular flexibility index (Phi) is 5.60. The maximum Gasteiger partial charge on any atom is 0.249 e. The van der Waals surface area contributed by atoms with Gasteiger partial charge in [0.05, 0.1) is 6.04 Å². The van der Waals surface area contributed by atoms with Gasteiger partial charge in [0.1, 0.15) is 5.69 Å². The van der Waals surface area contributed by atoms with Crippen LogP contribution in [0.2, 0.25) is 0 Å². The average molecular weight is 297 g/mol. The van der Waals surface area contributed by atoms with Gasteiger partial charge >= 0.3 is 0 Å². The minimum atomic E-state index is -0.586. The van der Waals surface area contributed by atoms with Crippen LogP contribution < -0.4 is 11.1 Å². The maximum absolute atomic E-state index is 11.8. The smallest absolute Gasteiger partial charge is 0.249 e. The lowest BCUT2D eigenvalue weighted by molar-refractivity contribution is -0.118. The van der Waals surface area contributed by atoms with Crippen molar-refractivity contribution in [3.63, 3.8) is 0 Å². The zero-order valence-corrected chi connectivity index (χ0v) is 12.0. The third-order valence-corrected chi connectivity index (χ3v) is 2.65. The molecule has 0 spiro atoms. The van der Waals surface area contributed by atoms with Gasteiger partial charge in [0.15, 0.2) is 5.82 Å². The van der Waals surface area contributed by atoms with E-state index >= 15 is 0 Å². The third kappa shape index (κ3) is 3.75. The Balaban J connectivity index is 0.00000200. The molecule has 2 rings (SSSR count). The van der Waals surface area contributed by atoms with Crippen molar-refractivity contribution < 1.29 is 4.79 Å². The number of amides is 1. The normalized spacial score (nSPS) is 11.8. The van der Waals surface area contributed by atoms with Crippen molar-refractivity contribution >= 4 is 24.3 Å². The van der Waals surface area contributed by atoms with E-state index in [1.165, 1.54) is 0 Å². The number of rotatable bonds is 4. The minimum Gasteiger partial charge on any atom is -0.320 e. The van der Waals surface area contributed by atoms with Gasteiger partial charge in [0.25, 0.3) is 0 Å². The third-order valence-electron chi connectivity index (χ3n) is 2.65. The number of hydrogen-bond acceptors (Lipinski definition) is 5. The van der Waals surface area contributed by atoms with Gasteiger partial charge in [-0.25, -0.2) is 0 Å². The fourth-order valence-corrected chi connectivity index (χ4v) is 1.43. The number of H-pyrrole nitrogens is 1. The van der Waals surface area contributed by atoms with Crippen LogP contribution >= 0.6 is 12.4 Å². The van der Waals surface area contributed by atoms with E-state index in [9.17, 15) is 4.79 Å². The second-order valence-electron chi connectivity index (χ2n) is 4.48. The van der Waals surface area contributed by atoms with Crippen molar-refractivity contribution in [3.8, 4) is 11.5 Å². The molecule has 1 amide bonds. The number of carbonyl (C=O) groups excluding carboxylic acids is 1. The number of anilines is 1. The van der Waals surface area contributed by atoms with Gasteiger partial charge in [-0.3, -0.25) is 20.2 Å². The van der Waals surface area contributed by atoms with E-state index in [2.05, 4.69) is 25.5 Å². The summed E-state index contributed by atoms with van der Waals surface area (Å²) in [5, 5.41) is 9.20. The second kappa shape index (κ2) is 6.97. The molecule has 2 aromatic heterocycles. The molecule has 20 heavy (non-hydrogen) atoms. The van der Waals surface area contributed by atoms with Gasteiger partial charge in [-0.1, -0.05) is 19.9 Å². The van der Waals surface area contributed by atoms with Crippen LogP contribution in [0.25, 0.3) is 11.5 Å². The highest BCUT2D eigenvalue weighted by Crippen LogP contribution is 2.12. The summed E-state index contributed by atoms with van der Waals surface area (Å²) in [5.41, 5.74) is 6.39. The first-order chi connectivity index (χ1) is 9.08. The number of nitrogens with zero attached hydrogens (tertiary/aromatic N) is 3. The molecule has 0 saturated heterocycles. The molecule has 8 heteroatoms. The lowest BCUT2D eigenvalue weighted by Crippen LogP contribution is -2.40. The van der Waals surface area contributed by atoms with E-state index in [-0.39, 0.29) is 30.2 Å². The van der Waals surface area contributed by atoms with E-state index in [1.807, 2.05) is 26.0 Å². The molecule has 0 aromatic carbocycles. The molecule has 4 N–H and O–H groups in total. The van der Waals surface area contributed by atoms with Crippen LogP contribution in [0.15, 0.2) is 24.4 Å². The SMILES string of the molecule is CC(C)[C@H](N)C(=O)Nc1n[nH]c(-c2ccccn2)n1.Cl. The Morgan fingerprint density at radius 1 is 1.40 bits per heavy atom. The molecule has 0 aliphatic rings. The minimum absolute atomic E-state index is 0. The zero-order chi connectivity index (χ0) is 13.8. The molecule has 0 aliphatic heterocycles. The van der Waals surface area contributed by atoms with Crippen LogP contribution in [0.1, 0.15) is 13.8 Å². The Hall–Kier alpha value is -1.99. The fourth-order valence-electron chi connectivity index (χ4n) is 1.43. The first kappa shape index (κ1) is 16.1. The molecule has 1 atom stereocenters. The fraction of sp³-hybridized carbons (Fsp3) is 0.333. The molecule has 0 unspecified atom stereocenters. The summed E-state index contributed by atoms with van der Waals surface area (Å²) in [6, 6.07) is 4.87. The molecule has 2 heterocycles. The number of aromatic nitrogens is 4. The maximum atomic E-state index is 11.8. The molecular weight excluding hydrogens is 280 g/mol. The number of carbonyl (C=O) groups is 1. The van der Waals surface area contributed by atoms with Crippen LogP contribution in [-0.2, 0) is 4.79 Å². The highest BCUT2D eigenvalue weighted by Gasteiger charge is 2.19. The Labute approximate surface area is 122 Å². The number of aromatic amines is 1. The quantitative estimate of drug-likeness (QED) is 0.785. The molecule has 0 fully saturated rings. The van der Waals surface area contributed by atoms with Crippen molar-refractivity contribution in [2.45, 2.75) is 19.9 Å². The number of hydrogen-bond donors (Lipinski definition) is 3. The van der Waals surface area contributed by atoms with Gasteiger partial charge in [-0.05, 0) is 18.1 Å². The molecule has 108 valence electrons. The van der Waals surface area contributed by atoms with Gasteiger partial charge in [-0.2, -0.15) is 4.98 Å². The first-order valence-corrected chi connectivity index (χ1v) is 5.98. The summed E-state index contributed by atoms with van der Waals surface area (Å²) in [5.74, 6) is 0.437. The summed E-state index contributed by atoms with van der Waals surface area (Å²) in [6.45, 7) is 3.75. The highest BCUT2D eigenvalue weighted by atomic mass is 35.5. The predicted molar refractivity (Wildman–Crippen MR) is 78.3 cm³/mol. The first-order valence-electron chi connectivity index (χ1n) is 5.98. The molecule has 0 radical (unpaired) electrons. The Morgan fingerprint density at radius 3 is 2.75 bits per heavy atom. The van der Waals surface area contributed by atoms with Crippen LogP contribution in [0, 0.1) is 5.92 Å². The lowest BCUT2D eigenvalue weighted by Gasteiger charge is -2.13. The van der Waals surface area contributed by atoms with Crippen molar-refractivity contribution in [1.82, 2.24) is 20.2 Å². The van der Waals surface area contributed by atoms with Gasteiger partial charge in [0, 0.05) is 6.20 Å². The second-order valence-corrected chi connectivity index (χ2v) is 4.48. The van der Waals surface area contributed by atoms with Gasteiger partial charge in [0.2, 0.25) is 11.9 Å². The van der Waals surface area contributed by atoms with Crippen molar-refractivity contribution in [2.24, 2.45) is 11.7 Å². The van der Waals surface area contributed by atoms with Crippen LogP contribution in [0.3, 0.4) is 0 Å². The summed E-state index contributed by atoms with van der Waals surface area (Å²) in [7, 11) is 0. The largest absolute Gasteiger partial charge is 0.320 e. The molecule has 2 aromatic rings. The molecule has 0 saturated carbocycles. The lowest BCUT2D eigenvalue weighted by atomic mass is 10.1. The van der Waals surface area contributed by atoms with Crippen LogP contribution in [-0.4, -0.2) is 32.1 Å². The summed E-state index contributed by atoms with van der Waals surface area (Å²) >= 11 is 0. The topological polar surface area (TPSA) is 110 Å². The standard InChI is InChI=1S/C12H16N6O.ClH/c1-7(2)9(13)11(19)16-12-15-10(17-18-12)8-5-3-4-6-14-8;/h3-7,9H,13H2,1-2H3,(H2,15,16,17,18,19);1H/t9-;/m0./s1. The van der Waals surface area contributed by atoms with E-state index < -0.39 is 6.04 Å². The van der Waals surface area contributed by atoms with E-state index in [0.29, 0.717) is 11.5 Å². The predicted octanol–water partition coefficient (Wildman–Crippen LogP) is 1.21. The van der Waals surface area contributed by atoms with Crippen molar-refractivity contribution in [1.29, 1.82) is 0 Å². The number of nitrogens with one attached hydrogen (secondary N) is 2. The Bertz CT molecular complexity index is 556. The van der Waals surface area contributed by atoms with Crippen LogP contribution in [0.5, 0.6) is 0 Å². The molecule has 0 bridgehead atoms. The van der Waals surface area contributed by atoms with E-state index in [4.69, 9.17) is 5.73 Å². The number of halogens is 1. The van der Waals surface area contributed by atoms with E-state index in [1.54, 1.807) is 12.3 Å². The summed E-state index contributed by atoms with van der Waals surface area (Å²) in [6.07, 6.45) is 1.66. The van der Waals surface area contributed by atoms with E-state index in [0.717, 1.165) is 0 Å². The average Bonchev–Trinajstić information content (AvgIpc) is 2.87. The number of pyridine rings is 1. The molecule has 0 aliphatic carbocycles. The molecule has 7 nitrogen and oxygen atoms in total. The molecular formula is C12H17ClN6O. The van der Waals surface area contributed by atoms with Crippen molar-refractivity contribution in [2.75, 3.05) is 5.32 Å². The summed E-state index contributed by atoms with van der Waals surface area (Å²) < 4.78 is 0. The zero-order valence-electron chi connectivity index (χ0n) is 11.2. The monoisotopic (exact) mass is 296 g/mol. The number of nitrogens with two attached hydrogens (primary N) is 1. The Morgan fingerprint density at radius 2 is 2.15 bits per heavy atom. The highest BCUT2D eigenvalue weighted by molar-refractivity contribution is 5.93.